The van der Waals surface area contributed by atoms with Crippen LogP contribution in [0.4, 0.5) is 0 Å². The standard InChI is InChI=1S/C10H13N3O/c1-4-8-11-7-5-6-12(2)9(7)10(14)13(8)3/h5-6H,4H2,1-3H3. The van der Waals surface area contributed by atoms with E-state index < -0.39 is 0 Å². The van der Waals surface area contributed by atoms with Crippen LogP contribution >= 0.6 is 0 Å². The molecule has 4 heteroatoms. The summed E-state index contributed by atoms with van der Waals surface area (Å²) >= 11 is 0. The van der Waals surface area contributed by atoms with Crippen molar-refractivity contribution in [1.82, 2.24) is 14.1 Å². The molecule has 0 aromatic carbocycles. The molecule has 74 valence electrons. The molecule has 0 amide bonds. The van der Waals surface area contributed by atoms with Crippen molar-refractivity contribution in [2.45, 2.75) is 13.3 Å². The lowest BCUT2D eigenvalue weighted by Gasteiger charge is -2.05. The largest absolute Gasteiger partial charge is 0.345 e. The van der Waals surface area contributed by atoms with Gasteiger partial charge in [-0.25, -0.2) is 4.98 Å². The maximum atomic E-state index is 11.9. The number of aryl methyl sites for hydroxylation is 2. The van der Waals surface area contributed by atoms with Crippen LogP contribution in [0.1, 0.15) is 12.7 Å². The van der Waals surface area contributed by atoms with Gasteiger partial charge in [0.15, 0.2) is 0 Å². The van der Waals surface area contributed by atoms with Gasteiger partial charge in [0, 0.05) is 26.7 Å². The molecule has 0 fully saturated rings. The van der Waals surface area contributed by atoms with Crippen LogP contribution in [0, 0.1) is 0 Å². The monoisotopic (exact) mass is 191 g/mol. The Balaban J connectivity index is 2.95. The molecule has 0 aliphatic heterocycles. The Kier molecular flexibility index (Phi) is 1.91. The van der Waals surface area contributed by atoms with E-state index in [1.54, 1.807) is 11.6 Å². The summed E-state index contributed by atoms with van der Waals surface area (Å²) < 4.78 is 3.42. The number of rotatable bonds is 1. The van der Waals surface area contributed by atoms with Crippen molar-refractivity contribution in [3.63, 3.8) is 0 Å². The smallest absolute Gasteiger partial charge is 0.277 e. The van der Waals surface area contributed by atoms with E-state index >= 15 is 0 Å². The van der Waals surface area contributed by atoms with E-state index in [2.05, 4.69) is 4.98 Å². The number of hydrogen-bond donors (Lipinski definition) is 0. The maximum absolute atomic E-state index is 11.9. The highest BCUT2D eigenvalue weighted by atomic mass is 16.1. The number of aromatic nitrogens is 3. The summed E-state index contributed by atoms with van der Waals surface area (Å²) in [5, 5.41) is 0. The van der Waals surface area contributed by atoms with Gasteiger partial charge in [-0.05, 0) is 6.07 Å². The van der Waals surface area contributed by atoms with Crippen LogP contribution in [0.3, 0.4) is 0 Å². The molecule has 0 atom stereocenters. The summed E-state index contributed by atoms with van der Waals surface area (Å²) in [6.45, 7) is 2.00. The minimum atomic E-state index is 0.0272. The zero-order chi connectivity index (χ0) is 10.3. The van der Waals surface area contributed by atoms with Crippen LogP contribution in [0.15, 0.2) is 17.1 Å². The highest BCUT2D eigenvalue weighted by Crippen LogP contribution is 2.08. The summed E-state index contributed by atoms with van der Waals surface area (Å²) in [6.07, 6.45) is 2.63. The quantitative estimate of drug-likeness (QED) is 0.670. The third-order valence-corrected chi connectivity index (χ3v) is 2.51. The molecule has 14 heavy (non-hydrogen) atoms. The van der Waals surface area contributed by atoms with Gasteiger partial charge in [-0.3, -0.25) is 9.36 Å². The average Bonchev–Trinajstić information content (AvgIpc) is 2.54. The Bertz CT molecular complexity index is 536. The normalized spacial score (nSPS) is 11.1. The van der Waals surface area contributed by atoms with Gasteiger partial charge in [0.1, 0.15) is 11.3 Å². The highest BCUT2D eigenvalue weighted by Gasteiger charge is 2.08. The Morgan fingerprint density at radius 2 is 2.14 bits per heavy atom. The summed E-state index contributed by atoms with van der Waals surface area (Å²) in [5.41, 5.74) is 1.48. The predicted octanol–water partition coefficient (Wildman–Crippen LogP) is 0.834. The van der Waals surface area contributed by atoms with Crippen molar-refractivity contribution in [3.05, 3.63) is 28.4 Å². The third-order valence-electron chi connectivity index (χ3n) is 2.51. The van der Waals surface area contributed by atoms with Gasteiger partial charge in [-0.15, -0.1) is 0 Å². The molecular formula is C10H13N3O. The average molecular weight is 191 g/mol. The first-order valence-electron chi connectivity index (χ1n) is 4.66. The van der Waals surface area contributed by atoms with Gasteiger partial charge in [0.25, 0.3) is 5.56 Å². The summed E-state index contributed by atoms with van der Waals surface area (Å²) in [4.78, 5) is 16.3. The maximum Gasteiger partial charge on any atom is 0.277 e. The second-order valence-electron chi connectivity index (χ2n) is 3.41. The van der Waals surface area contributed by atoms with Crippen LogP contribution in [-0.2, 0) is 20.5 Å². The molecule has 0 bridgehead atoms. The molecule has 4 nitrogen and oxygen atoms in total. The van der Waals surface area contributed by atoms with Crippen molar-refractivity contribution >= 4 is 11.0 Å². The minimum absolute atomic E-state index is 0.0272. The van der Waals surface area contributed by atoms with Crippen LogP contribution in [0.2, 0.25) is 0 Å². The fraction of sp³-hybridized carbons (Fsp3) is 0.400. The molecule has 2 aromatic rings. The topological polar surface area (TPSA) is 39.8 Å². The molecule has 2 rings (SSSR count). The summed E-state index contributed by atoms with van der Waals surface area (Å²) in [6, 6.07) is 1.87. The van der Waals surface area contributed by atoms with Crippen LogP contribution in [0.25, 0.3) is 11.0 Å². The van der Waals surface area contributed by atoms with E-state index in [1.165, 1.54) is 0 Å². The van der Waals surface area contributed by atoms with E-state index in [1.807, 2.05) is 30.8 Å². The summed E-state index contributed by atoms with van der Waals surface area (Å²) in [7, 11) is 3.62. The first kappa shape index (κ1) is 8.99. The van der Waals surface area contributed by atoms with Gasteiger partial charge >= 0.3 is 0 Å². The molecule has 0 aliphatic carbocycles. The molecule has 0 saturated heterocycles. The molecular weight excluding hydrogens is 178 g/mol. The van der Waals surface area contributed by atoms with E-state index in [0.717, 1.165) is 17.8 Å². The lowest BCUT2D eigenvalue weighted by Crippen LogP contribution is -2.23. The SMILES string of the molecule is CCc1nc2ccn(C)c2c(=O)n1C. The Labute approximate surface area is 81.8 Å². The van der Waals surface area contributed by atoms with Gasteiger partial charge in [0.05, 0.1) is 5.52 Å². The third kappa shape index (κ3) is 1.07. The van der Waals surface area contributed by atoms with Crippen molar-refractivity contribution < 1.29 is 0 Å². The Morgan fingerprint density at radius 1 is 1.43 bits per heavy atom. The molecule has 2 heterocycles. The molecule has 0 N–H and O–H groups in total. The summed E-state index contributed by atoms with van der Waals surface area (Å²) in [5.74, 6) is 0.828. The lowest BCUT2D eigenvalue weighted by atomic mass is 10.4. The fourth-order valence-electron chi connectivity index (χ4n) is 1.67. The van der Waals surface area contributed by atoms with Crippen LogP contribution in [0.5, 0.6) is 0 Å². The zero-order valence-electron chi connectivity index (χ0n) is 8.61. The van der Waals surface area contributed by atoms with Crippen molar-refractivity contribution in [2.75, 3.05) is 0 Å². The van der Waals surface area contributed by atoms with Crippen molar-refractivity contribution in [3.8, 4) is 0 Å². The second-order valence-corrected chi connectivity index (χ2v) is 3.41. The van der Waals surface area contributed by atoms with Gasteiger partial charge < -0.3 is 4.57 Å². The molecule has 0 spiro atoms. The van der Waals surface area contributed by atoms with Gasteiger partial charge in [-0.1, -0.05) is 6.92 Å². The second kappa shape index (κ2) is 2.97. The minimum Gasteiger partial charge on any atom is -0.345 e. The van der Waals surface area contributed by atoms with Crippen LogP contribution < -0.4 is 5.56 Å². The first-order valence-corrected chi connectivity index (χ1v) is 4.66. The molecule has 0 unspecified atom stereocenters. The molecule has 0 radical (unpaired) electrons. The number of fused-ring (bicyclic) bond motifs is 1. The number of nitrogens with zero attached hydrogens (tertiary/aromatic N) is 3. The first-order chi connectivity index (χ1) is 6.65. The van der Waals surface area contributed by atoms with Crippen molar-refractivity contribution in [1.29, 1.82) is 0 Å². The zero-order valence-corrected chi connectivity index (χ0v) is 8.61. The predicted molar refractivity (Wildman–Crippen MR) is 55.3 cm³/mol. The highest BCUT2D eigenvalue weighted by molar-refractivity contribution is 5.74. The van der Waals surface area contributed by atoms with Gasteiger partial charge in [0.2, 0.25) is 0 Å². The van der Waals surface area contributed by atoms with E-state index in [-0.39, 0.29) is 5.56 Å². The van der Waals surface area contributed by atoms with Crippen molar-refractivity contribution in [2.24, 2.45) is 14.1 Å². The number of hydrogen-bond acceptors (Lipinski definition) is 2. The van der Waals surface area contributed by atoms with E-state index in [4.69, 9.17) is 0 Å². The van der Waals surface area contributed by atoms with E-state index in [9.17, 15) is 4.79 Å². The fourth-order valence-corrected chi connectivity index (χ4v) is 1.67. The molecule has 2 aromatic heterocycles. The molecule has 0 saturated carbocycles. The van der Waals surface area contributed by atoms with E-state index in [0.29, 0.717) is 5.52 Å². The Morgan fingerprint density at radius 3 is 2.79 bits per heavy atom. The van der Waals surface area contributed by atoms with Crippen LogP contribution in [-0.4, -0.2) is 14.1 Å². The lowest BCUT2D eigenvalue weighted by molar-refractivity contribution is 0.745. The molecule has 0 aliphatic rings. The Hall–Kier alpha value is -1.58. The van der Waals surface area contributed by atoms with Gasteiger partial charge in [-0.2, -0.15) is 0 Å².